The number of hydrogen-bond acceptors (Lipinski definition) is 5. The maximum atomic E-state index is 12.2. The second kappa shape index (κ2) is 9.63. The molecule has 1 atom stereocenters. The van der Waals surface area contributed by atoms with E-state index < -0.39 is 23.6 Å². The van der Waals surface area contributed by atoms with Crippen LogP contribution < -0.4 is 21.3 Å². The molecule has 0 aliphatic carbocycles. The molecular formula is C20H26N4O5. The first-order valence-corrected chi connectivity index (χ1v) is 9.10. The third-order valence-corrected chi connectivity index (χ3v) is 3.54. The molecule has 0 aliphatic heterocycles. The monoisotopic (exact) mass is 402 g/mol. The predicted octanol–water partition coefficient (Wildman–Crippen LogP) is 3.45. The molecule has 9 heteroatoms. The van der Waals surface area contributed by atoms with Gasteiger partial charge in [-0.25, -0.2) is 9.59 Å². The fourth-order valence-electron chi connectivity index (χ4n) is 2.19. The van der Waals surface area contributed by atoms with Gasteiger partial charge in [-0.1, -0.05) is 0 Å². The topological polar surface area (TPSA) is 122 Å². The molecule has 0 radical (unpaired) electrons. The lowest BCUT2D eigenvalue weighted by atomic mass is 10.2. The van der Waals surface area contributed by atoms with Crippen molar-refractivity contribution in [2.45, 2.75) is 45.9 Å². The zero-order valence-corrected chi connectivity index (χ0v) is 16.9. The van der Waals surface area contributed by atoms with Crippen LogP contribution in [0.3, 0.4) is 0 Å². The van der Waals surface area contributed by atoms with E-state index in [0.717, 1.165) is 0 Å². The van der Waals surface area contributed by atoms with Gasteiger partial charge in [-0.05, 0) is 64.1 Å². The van der Waals surface area contributed by atoms with Crippen molar-refractivity contribution < 1.29 is 23.5 Å². The highest BCUT2D eigenvalue weighted by molar-refractivity contribution is 5.96. The summed E-state index contributed by atoms with van der Waals surface area (Å²) in [7, 11) is 0. The van der Waals surface area contributed by atoms with Gasteiger partial charge in [-0.15, -0.1) is 0 Å². The van der Waals surface area contributed by atoms with E-state index in [1.807, 2.05) is 0 Å². The van der Waals surface area contributed by atoms with Crippen molar-refractivity contribution in [3.05, 3.63) is 48.4 Å². The Bertz CT molecular complexity index is 826. The maximum Gasteiger partial charge on any atom is 0.408 e. The highest BCUT2D eigenvalue weighted by Crippen LogP contribution is 2.14. The van der Waals surface area contributed by atoms with Crippen LogP contribution in [0.2, 0.25) is 0 Å². The van der Waals surface area contributed by atoms with Crippen LogP contribution in [0.4, 0.5) is 21.0 Å². The summed E-state index contributed by atoms with van der Waals surface area (Å²) in [6.07, 6.45) is 0.867. The van der Waals surface area contributed by atoms with Crippen LogP contribution in [0.15, 0.2) is 47.1 Å². The zero-order valence-electron chi connectivity index (χ0n) is 16.9. The van der Waals surface area contributed by atoms with Crippen molar-refractivity contribution in [1.29, 1.82) is 0 Å². The molecule has 29 heavy (non-hydrogen) atoms. The first-order chi connectivity index (χ1) is 13.6. The van der Waals surface area contributed by atoms with Crippen molar-refractivity contribution in [3.8, 4) is 0 Å². The fourth-order valence-corrected chi connectivity index (χ4v) is 2.19. The second-order valence-corrected chi connectivity index (χ2v) is 7.32. The van der Waals surface area contributed by atoms with E-state index in [9.17, 15) is 14.4 Å². The van der Waals surface area contributed by atoms with Crippen molar-refractivity contribution >= 4 is 29.4 Å². The van der Waals surface area contributed by atoms with Crippen molar-refractivity contribution in [1.82, 2.24) is 10.6 Å². The highest BCUT2D eigenvalue weighted by atomic mass is 16.6. The molecule has 156 valence electrons. The lowest BCUT2D eigenvalue weighted by molar-refractivity contribution is -0.117. The van der Waals surface area contributed by atoms with E-state index in [4.69, 9.17) is 9.15 Å². The molecule has 1 heterocycles. The summed E-state index contributed by atoms with van der Waals surface area (Å²) in [5.74, 6) is 0.250. The number of ether oxygens (including phenoxy) is 1. The Morgan fingerprint density at radius 1 is 1.03 bits per heavy atom. The van der Waals surface area contributed by atoms with Gasteiger partial charge < -0.3 is 30.4 Å². The number of furan rings is 1. The summed E-state index contributed by atoms with van der Waals surface area (Å²) in [6, 6.07) is 8.91. The number of carbonyl (C=O) groups is 3. The van der Waals surface area contributed by atoms with Crippen LogP contribution in [0.5, 0.6) is 0 Å². The molecule has 0 unspecified atom stereocenters. The molecule has 4 N–H and O–H groups in total. The predicted molar refractivity (Wildman–Crippen MR) is 108 cm³/mol. The number of alkyl carbamates (subject to hydrolysis) is 1. The lowest BCUT2D eigenvalue weighted by Gasteiger charge is -2.21. The van der Waals surface area contributed by atoms with Crippen LogP contribution in [-0.2, 0) is 16.1 Å². The quantitative estimate of drug-likeness (QED) is 0.590. The van der Waals surface area contributed by atoms with Gasteiger partial charge in [-0.3, -0.25) is 4.79 Å². The van der Waals surface area contributed by atoms with E-state index >= 15 is 0 Å². The molecule has 0 saturated heterocycles. The number of nitrogens with one attached hydrogen (secondary N) is 4. The standard InChI is InChI=1S/C20H26N4O5/c1-13(22-19(27)29-20(2,3)4)17(25)23-14-7-9-15(10-8-14)24-18(26)21-12-16-6-5-11-28-16/h5-11,13H,12H2,1-4H3,(H,22,27)(H,23,25)(H2,21,24,26)/t13-/m1/s1. The Morgan fingerprint density at radius 2 is 1.66 bits per heavy atom. The van der Waals surface area contributed by atoms with E-state index in [2.05, 4.69) is 21.3 Å². The first-order valence-electron chi connectivity index (χ1n) is 9.10. The minimum Gasteiger partial charge on any atom is -0.467 e. The highest BCUT2D eigenvalue weighted by Gasteiger charge is 2.21. The number of amides is 4. The molecule has 1 aromatic heterocycles. The zero-order chi connectivity index (χ0) is 21.4. The normalized spacial score (nSPS) is 11.9. The summed E-state index contributed by atoms with van der Waals surface area (Å²) in [6.45, 7) is 7.05. The summed E-state index contributed by atoms with van der Waals surface area (Å²) >= 11 is 0. The summed E-state index contributed by atoms with van der Waals surface area (Å²) in [5, 5.41) is 10.5. The van der Waals surface area contributed by atoms with Gasteiger partial charge in [0.15, 0.2) is 0 Å². The largest absolute Gasteiger partial charge is 0.467 e. The summed E-state index contributed by atoms with van der Waals surface area (Å²) < 4.78 is 10.3. The fraction of sp³-hybridized carbons (Fsp3) is 0.350. The van der Waals surface area contributed by atoms with Crippen molar-refractivity contribution in [2.75, 3.05) is 10.6 Å². The van der Waals surface area contributed by atoms with E-state index in [-0.39, 0.29) is 12.6 Å². The molecule has 1 aromatic carbocycles. The van der Waals surface area contributed by atoms with E-state index in [1.54, 1.807) is 64.1 Å². The van der Waals surface area contributed by atoms with Crippen LogP contribution in [0.1, 0.15) is 33.5 Å². The molecule has 2 aromatic rings. The molecule has 0 spiro atoms. The number of rotatable bonds is 6. The van der Waals surface area contributed by atoms with E-state index in [1.165, 1.54) is 6.26 Å². The number of carbonyl (C=O) groups excluding carboxylic acids is 3. The number of hydrogen-bond donors (Lipinski definition) is 4. The summed E-state index contributed by atoms with van der Waals surface area (Å²) in [4.78, 5) is 35.8. The Morgan fingerprint density at radius 3 is 2.21 bits per heavy atom. The average molecular weight is 402 g/mol. The van der Waals surface area contributed by atoms with Gasteiger partial charge in [0.25, 0.3) is 0 Å². The van der Waals surface area contributed by atoms with Gasteiger partial charge in [-0.2, -0.15) is 0 Å². The van der Waals surface area contributed by atoms with Crippen LogP contribution in [0, 0.1) is 0 Å². The number of urea groups is 1. The molecule has 0 saturated carbocycles. The second-order valence-electron chi connectivity index (χ2n) is 7.32. The first kappa shape index (κ1) is 21.8. The summed E-state index contributed by atoms with van der Waals surface area (Å²) in [5.41, 5.74) is 0.433. The van der Waals surface area contributed by atoms with Gasteiger partial charge in [0.1, 0.15) is 17.4 Å². The lowest BCUT2D eigenvalue weighted by Crippen LogP contribution is -2.43. The smallest absolute Gasteiger partial charge is 0.408 e. The van der Waals surface area contributed by atoms with Gasteiger partial charge in [0.05, 0.1) is 12.8 Å². The van der Waals surface area contributed by atoms with Crippen molar-refractivity contribution in [3.63, 3.8) is 0 Å². The third kappa shape index (κ3) is 7.96. The van der Waals surface area contributed by atoms with Gasteiger partial charge in [0.2, 0.25) is 5.91 Å². The van der Waals surface area contributed by atoms with Crippen LogP contribution >= 0.6 is 0 Å². The number of benzene rings is 1. The molecular weight excluding hydrogens is 376 g/mol. The average Bonchev–Trinajstić information content (AvgIpc) is 3.13. The van der Waals surface area contributed by atoms with Crippen LogP contribution in [-0.4, -0.2) is 29.7 Å². The Balaban J connectivity index is 1.79. The third-order valence-electron chi connectivity index (χ3n) is 3.54. The SMILES string of the molecule is C[C@@H](NC(=O)OC(C)(C)C)C(=O)Nc1ccc(NC(=O)NCc2ccco2)cc1. The maximum absolute atomic E-state index is 12.2. The van der Waals surface area contributed by atoms with E-state index in [0.29, 0.717) is 17.1 Å². The van der Waals surface area contributed by atoms with Gasteiger partial charge >= 0.3 is 12.1 Å². The van der Waals surface area contributed by atoms with Gasteiger partial charge in [0, 0.05) is 11.4 Å². The minimum atomic E-state index is -0.782. The molecule has 0 aliphatic rings. The Hall–Kier alpha value is -3.49. The molecule has 9 nitrogen and oxygen atoms in total. The molecule has 0 fully saturated rings. The molecule has 2 rings (SSSR count). The minimum absolute atomic E-state index is 0.273. The Labute approximate surface area is 169 Å². The number of anilines is 2. The molecule has 0 bridgehead atoms. The Kier molecular flexibility index (Phi) is 7.24. The van der Waals surface area contributed by atoms with Crippen molar-refractivity contribution in [2.24, 2.45) is 0 Å². The molecule has 4 amide bonds. The van der Waals surface area contributed by atoms with Crippen LogP contribution in [0.25, 0.3) is 0 Å².